The summed E-state index contributed by atoms with van der Waals surface area (Å²) in [5.41, 5.74) is 0.0758. The van der Waals surface area contributed by atoms with Crippen LogP contribution in [0.3, 0.4) is 0 Å². The van der Waals surface area contributed by atoms with Gasteiger partial charge in [0.2, 0.25) is 0 Å². The number of hydrogen-bond donors (Lipinski definition) is 0. The van der Waals surface area contributed by atoms with Gasteiger partial charge in [0.05, 0.1) is 5.56 Å². The molecule has 1 fully saturated rings. The molecule has 4 heteroatoms. The lowest BCUT2D eigenvalue weighted by atomic mass is 9.95. The zero-order chi connectivity index (χ0) is 13.3. The molecule has 2 rings (SSSR count). The molecule has 1 saturated heterocycles. The van der Waals surface area contributed by atoms with Gasteiger partial charge in [-0.2, -0.15) is 0 Å². The van der Waals surface area contributed by atoms with E-state index in [0.717, 1.165) is 6.42 Å². The quantitative estimate of drug-likeness (QED) is 0.803. The van der Waals surface area contributed by atoms with E-state index >= 15 is 0 Å². The molecular formula is C14H17ClFNO. The molecule has 1 atom stereocenters. The molecule has 1 amide bonds. The molecule has 0 bridgehead atoms. The van der Waals surface area contributed by atoms with Crippen LogP contribution in [0.5, 0.6) is 0 Å². The van der Waals surface area contributed by atoms with Gasteiger partial charge in [-0.3, -0.25) is 4.79 Å². The van der Waals surface area contributed by atoms with Crippen LogP contribution in [0.4, 0.5) is 4.39 Å². The Bertz CT molecular complexity index is 461. The molecule has 0 aliphatic carbocycles. The van der Waals surface area contributed by atoms with E-state index in [-0.39, 0.29) is 11.5 Å². The number of halogens is 2. The maximum absolute atomic E-state index is 13.6. The Balaban J connectivity index is 2.15. The molecule has 0 saturated carbocycles. The van der Waals surface area contributed by atoms with E-state index in [0.29, 0.717) is 29.9 Å². The third-order valence-electron chi connectivity index (χ3n) is 3.61. The van der Waals surface area contributed by atoms with Crippen LogP contribution in [0.2, 0.25) is 5.02 Å². The molecule has 98 valence electrons. The summed E-state index contributed by atoms with van der Waals surface area (Å²) in [5, 5.41) is 0.388. The number of benzene rings is 1. The third-order valence-corrected chi connectivity index (χ3v) is 3.85. The molecule has 0 radical (unpaired) electrons. The van der Waals surface area contributed by atoms with E-state index in [9.17, 15) is 9.18 Å². The number of carbonyl (C=O) groups is 1. The Morgan fingerprint density at radius 1 is 1.50 bits per heavy atom. The van der Waals surface area contributed by atoms with Crippen LogP contribution in [0.25, 0.3) is 0 Å². The molecule has 1 aromatic rings. The first-order chi connectivity index (χ1) is 8.49. The number of likely N-dealkylation sites (tertiary alicyclic amines) is 1. The lowest BCUT2D eigenvalue weighted by Crippen LogP contribution is -2.30. The normalized spacial score (nSPS) is 19.6. The van der Waals surface area contributed by atoms with Crippen LogP contribution in [0.15, 0.2) is 18.2 Å². The SMILES string of the molecule is CC(C)C1CCN(C(=O)c2cc(Cl)ccc2F)C1. The minimum absolute atomic E-state index is 0.0758. The average Bonchev–Trinajstić information content (AvgIpc) is 2.81. The van der Waals surface area contributed by atoms with Crippen molar-refractivity contribution in [3.63, 3.8) is 0 Å². The molecule has 0 N–H and O–H groups in total. The fraction of sp³-hybridized carbons (Fsp3) is 0.500. The molecule has 2 nitrogen and oxygen atoms in total. The number of hydrogen-bond acceptors (Lipinski definition) is 1. The minimum atomic E-state index is -0.502. The Morgan fingerprint density at radius 2 is 2.22 bits per heavy atom. The number of carbonyl (C=O) groups excluding carboxylic acids is 1. The summed E-state index contributed by atoms with van der Waals surface area (Å²) in [4.78, 5) is 13.9. The first-order valence-electron chi connectivity index (χ1n) is 6.23. The summed E-state index contributed by atoms with van der Waals surface area (Å²) in [7, 11) is 0. The van der Waals surface area contributed by atoms with Crippen molar-refractivity contribution in [2.75, 3.05) is 13.1 Å². The molecule has 1 aliphatic heterocycles. The molecule has 0 spiro atoms. The first kappa shape index (κ1) is 13.3. The van der Waals surface area contributed by atoms with Gasteiger partial charge in [0, 0.05) is 18.1 Å². The summed E-state index contributed by atoms with van der Waals surface area (Å²) in [5.74, 6) is 0.304. The topological polar surface area (TPSA) is 20.3 Å². The highest BCUT2D eigenvalue weighted by atomic mass is 35.5. The Hall–Kier alpha value is -1.09. The minimum Gasteiger partial charge on any atom is -0.338 e. The van der Waals surface area contributed by atoms with E-state index < -0.39 is 5.82 Å². The molecular weight excluding hydrogens is 253 g/mol. The van der Waals surface area contributed by atoms with Gasteiger partial charge in [0.25, 0.3) is 5.91 Å². The van der Waals surface area contributed by atoms with E-state index in [4.69, 9.17) is 11.6 Å². The van der Waals surface area contributed by atoms with Crippen molar-refractivity contribution in [1.29, 1.82) is 0 Å². The molecule has 1 heterocycles. The lowest BCUT2D eigenvalue weighted by Gasteiger charge is -2.18. The fourth-order valence-corrected chi connectivity index (χ4v) is 2.52. The van der Waals surface area contributed by atoms with Crippen LogP contribution < -0.4 is 0 Å². The van der Waals surface area contributed by atoms with Crippen LogP contribution in [-0.2, 0) is 0 Å². The van der Waals surface area contributed by atoms with E-state index in [1.54, 1.807) is 4.90 Å². The predicted octanol–water partition coefficient (Wildman–Crippen LogP) is 3.60. The number of rotatable bonds is 2. The largest absolute Gasteiger partial charge is 0.338 e. The van der Waals surface area contributed by atoms with Crippen molar-refractivity contribution >= 4 is 17.5 Å². The van der Waals surface area contributed by atoms with Crippen LogP contribution in [0.1, 0.15) is 30.6 Å². The Morgan fingerprint density at radius 3 is 2.83 bits per heavy atom. The van der Waals surface area contributed by atoms with Crippen molar-refractivity contribution in [3.8, 4) is 0 Å². The van der Waals surface area contributed by atoms with Gasteiger partial charge in [-0.15, -0.1) is 0 Å². The van der Waals surface area contributed by atoms with Gasteiger partial charge in [-0.25, -0.2) is 4.39 Å². The first-order valence-corrected chi connectivity index (χ1v) is 6.61. The van der Waals surface area contributed by atoms with Gasteiger partial charge >= 0.3 is 0 Å². The average molecular weight is 270 g/mol. The molecule has 1 aliphatic rings. The predicted molar refractivity (Wildman–Crippen MR) is 70.3 cm³/mol. The molecule has 1 aromatic carbocycles. The van der Waals surface area contributed by atoms with Crippen LogP contribution in [-0.4, -0.2) is 23.9 Å². The number of amides is 1. The third kappa shape index (κ3) is 2.66. The maximum atomic E-state index is 13.6. The van der Waals surface area contributed by atoms with Gasteiger partial charge < -0.3 is 4.90 Å². The molecule has 18 heavy (non-hydrogen) atoms. The molecule has 1 unspecified atom stereocenters. The highest BCUT2D eigenvalue weighted by molar-refractivity contribution is 6.31. The molecule has 0 aromatic heterocycles. The summed E-state index contributed by atoms with van der Waals surface area (Å²) in [6, 6.07) is 4.10. The zero-order valence-corrected chi connectivity index (χ0v) is 11.4. The highest BCUT2D eigenvalue weighted by Gasteiger charge is 2.29. The second kappa shape index (κ2) is 5.27. The summed E-state index contributed by atoms with van der Waals surface area (Å²) in [6.07, 6.45) is 0.992. The van der Waals surface area contributed by atoms with E-state index in [1.807, 2.05) is 0 Å². The second-order valence-corrected chi connectivity index (χ2v) is 5.60. The zero-order valence-electron chi connectivity index (χ0n) is 10.6. The smallest absolute Gasteiger partial charge is 0.256 e. The van der Waals surface area contributed by atoms with Gasteiger partial charge in [-0.05, 0) is 36.5 Å². The van der Waals surface area contributed by atoms with E-state index in [2.05, 4.69) is 13.8 Å². The summed E-state index contributed by atoms with van der Waals surface area (Å²) < 4.78 is 13.6. The maximum Gasteiger partial charge on any atom is 0.256 e. The monoisotopic (exact) mass is 269 g/mol. The Kier molecular flexibility index (Phi) is 3.91. The van der Waals surface area contributed by atoms with Crippen molar-refractivity contribution < 1.29 is 9.18 Å². The number of nitrogens with zero attached hydrogens (tertiary/aromatic N) is 1. The van der Waals surface area contributed by atoms with Crippen molar-refractivity contribution in [1.82, 2.24) is 4.90 Å². The van der Waals surface area contributed by atoms with E-state index in [1.165, 1.54) is 18.2 Å². The Labute approximate surface area is 112 Å². The van der Waals surface area contributed by atoms with Gasteiger partial charge in [-0.1, -0.05) is 25.4 Å². The fourth-order valence-electron chi connectivity index (χ4n) is 2.35. The van der Waals surface area contributed by atoms with Crippen LogP contribution >= 0.6 is 11.6 Å². The van der Waals surface area contributed by atoms with Gasteiger partial charge in [0.1, 0.15) is 5.82 Å². The summed E-state index contributed by atoms with van der Waals surface area (Å²) in [6.45, 7) is 5.72. The van der Waals surface area contributed by atoms with Crippen molar-refractivity contribution in [2.24, 2.45) is 11.8 Å². The summed E-state index contributed by atoms with van der Waals surface area (Å²) >= 11 is 5.81. The highest BCUT2D eigenvalue weighted by Crippen LogP contribution is 2.26. The van der Waals surface area contributed by atoms with Crippen LogP contribution in [0, 0.1) is 17.7 Å². The lowest BCUT2D eigenvalue weighted by molar-refractivity contribution is 0.0779. The van der Waals surface area contributed by atoms with Crippen molar-refractivity contribution in [2.45, 2.75) is 20.3 Å². The van der Waals surface area contributed by atoms with Crippen molar-refractivity contribution in [3.05, 3.63) is 34.6 Å². The standard InChI is InChI=1S/C14H17ClFNO/c1-9(2)10-5-6-17(8-10)14(18)12-7-11(15)3-4-13(12)16/h3-4,7,9-10H,5-6,8H2,1-2H3. The van der Waals surface area contributed by atoms with Gasteiger partial charge in [0.15, 0.2) is 0 Å². The second-order valence-electron chi connectivity index (χ2n) is 5.17.